The molecule has 7 nitrogen and oxygen atoms in total. The summed E-state index contributed by atoms with van der Waals surface area (Å²) in [6.45, 7) is 2.49. The number of ether oxygens (including phenoxy) is 5. The molecule has 5 rings (SSSR count). The Morgan fingerprint density at radius 2 is 1.23 bits per heavy atom. The molecule has 1 aliphatic rings. The molecule has 0 aliphatic carbocycles. The van der Waals surface area contributed by atoms with Gasteiger partial charge in [-0.25, -0.2) is 4.79 Å². The minimum atomic E-state index is -0.996. The second kappa shape index (κ2) is 13.3. The highest BCUT2D eigenvalue weighted by Gasteiger charge is 2.49. The minimum absolute atomic E-state index is 0.107. The molecule has 40 heavy (non-hydrogen) atoms. The highest BCUT2D eigenvalue weighted by atomic mass is 16.7. The maximum absolute atomic E-state index is 13.3. The van der Waals surface area contributed by atoms with Crippen LogP contribution in [0.25, 0.3) is 0 Å². The third-order valence-corrected chi connectivity index (χ3v) is 6.64. The lowest BCUT2D eigenvalue weighted by molar-refractivity contribution is -0.288. The van der Waals surface area contributed by atoms with Crippen molar-refractivity contribution in [3.63, 3.8) is 0 Å². The predicted octanol–water partition coefficient (Wildman–Crippen LogP) is 5.91. The Labute approximate surface area is 233 Å². The van der Waals surface area contributed by atoms with Gasteiger partial charge in [0.1, 0.15) is 23.7 Å². The Kier molecular flexibility index (Phi) is 9.08. The third-order valence-electron chi connectivity index (χ3n) is 6.64. The minimum Gasteiger partial charge on any atom is -0.508 e. The van der Waals surface area contributed by atoms with Crippen molar-refractivity contribution in [1.82, 2.24) is 0 Å². The number of phenols is 1. The molecular formula is C33H32O7. The highest BCUT2D eigenvalue weighted by Crippen LogP contribution is 2.32. The van der Waals surface area contributed by atoms with Crippen molar-refractivity contribution in [1.29, 1.82) is 0 Å². The molecule has 0 spiro atoms. The molecule has 1 fully saturated rings. The Bertz CT molecular complexity index is 1330. The Hall–Kier alpha value is -4.17. The van der Waals surface area contributed by atoms with Crippen LogP contribution in [-0.4, -0.2) is 41.8 Å². The molecular weight excluding hydrogens is 508 g/mol. The van der Waals surface area contributed by atoms with Gasteiger partial charge in [-0.2, -0.15) is 0 Å². The standard InChI is InChI=1S/C33H32O7/c1-23-29(36-21-24-11-5-2-6-12-24)30(37-22-25-13-7-3-8-14-25)31(40-32(35)26-15-9-4-10-16-26)33(38-23)39-28-19-17-27(34)18-20-28/h2-20,23,29-31,33-34H,21-22H2,1H3/t23-,29+,30+,31-,33?/m1/s1. The number of rotatable bonds is 10. The van der Waals surface area contributed by atoms with Gasteiger partial charge in [0.2, 0.25) is 6.29 Å². The van der Waals surface area contributed by atoms with Crippen LogP contribution in [-0.2, 0) is 32.2 Å². The Morgan fingerprint density at radius 1 is 0.700 bits per heavy atom. The van der Waals surface area contributed by atoms with Crippen LogP contribution >= 0.6 is 0 Å². The average molecular weight is 541 g/mol. The van der Waals surface area contributed by atoms with Crippen molar-refractivity contribution in [2.24, 2.45) is 0 Å². The fourth-order valence-corrected chi connectivity index (χ4v) is 4.57. The molecule has 4 aromatic carbocycles. The van der Waals surface area contributed by atoms with Crippen molar-refractivity contribution >= 4 is 5.97 Å². The molecule has 5 atom stereocenters. The summed E-state index contributed by atoms with van der Waals surface area (Å²) in [6.07, 6.45) is -3.72. The number of hydrogen-bond acceptors (Lipinski definition) is 7. The summed E-state index contributed by atoms with van der Waals surface area (Å²) in [5.41, 5.74) is 2.36. The van der Waals surface area contributed by atoms with E-state index >= 15 is 0 Å². The van der Waals surface area contributed by atoms with Crippen LogP contribution in [0.4, 0.5) is 0 Å². The zero-order valence-corrected chi connectivity index (χ0v) is 22.2. The van der Waals surface area contributed by atoms with E-state index in [1.807, 2.05) is 73.7 Å². The van der Waals surface area contributed by atoms with Gasteiger partial charge in [-0.3, -0.25) is 0 Å². The number of phenolic OH excluding ortho intramolecular Hbond substituents is 1. The van der Waals surface area contributed by atoms with Gasteiger partial charge in [-0.05, 0) is 54.4 Å². The molecule has 206 valence electrons. The molecule has 0 radical (unpaired) electrons. The molecule has 0 aromatic heterocycles. The lowest BCUT2D eigenvalue weighted by Gasteiger charge is -2.44. The van der Waals surface area contributed by atoms with Gasteiger partial charge >= 0.3 is 5.97 Å². The van der Waals surface area contributed by atoms with Crippen molar-refractivity contribution < 1.29 is 33.6 Å². The zero-order valence-electron chi connectivity index (χ0n) is 22.2. The van der Waals surface area contributed by atoms with Gasteiger partial charge in [0.05, 0.1) is 24.9 Å². The van der Waals surface area contributed by atoms with Gasteiger partial charge in [-0.1, -0.05) is 78.9 Å². The van der Waals surface area contributed by atoms with Gasteiger partial charge < -0.3 is 28.8 Å². The number of aromatic hydroxyl groups is 1. The number of esters is 1. The third kappa shape index (κ3) is 7.07. The van der Waals surface area contributed by atoms with Crippen LogP contribution in [0.15, 0.2) is 115 Å². The Morgan fingerprint density at radius 3 is 1.80 bits per heavy atom. The van der Waals surface area contributed by atoms with Crippen LogP contribution in [0.5, 0.6) is 11.5 Å². The van der Waals surface area contributed by atoms with E-state index in [2.05, 4.69) is 0 Å². The smallest absolute Gasteiger partial charge is 0.338 e. The van der Waals surface area contributed by atoms with E-state index in [0.717, 1.165) is 11.1 Å². The fraction of sp³-hybridized carbons (Fsp3) is 0.242. The first kappa shape index (κ1) is 27.4. The normalized spacial score (nSPS) is 22.4. The number of hydrogen-bond donors (Lipinski definition) is 1. The van der Waals surface area contributed by atoms with E-state index in [1.165, 1.54) is 12.1 Å². The lowest BCUT2D eigenvalue weighted by Crippen LogP contribution is -2.61. The van der Waals surface area contributed by atoms with E-state index in [0.29, 0.717) is 17.9 Å². The van der Waals surface area contributed by atoms with Crippen LogP contribution < -0.4 is 4.74 Å². The van der Waals surface area contributed by atoms with E-state index < -0.39 is 36.7 Å². The summed E-state index contributed by atoms with van der Waals surface area (Å²) in [7, 11) is 0. The number of carbonyl (C=O) groups is 1. The van der Waals surface area contributed by atoms with E-state index in [9.17, 15) is 9.90 Å². The van der Waals surface area contributed by atoms with Crippen molar-refractivity contribution in [2.45, 2.75) is 50.8 Å². The summed E-state index contributed by atoms with van der Waals surface area (Å²) in [5.74, 6) is 0.0233. The SMILES string of the molecule is C[C@H]1OC(Oc2ccc(O)cc2)[C@H](OC(=O)c2ccccc2)[C@@H](OCc2ccccc2)[C@H]1OCc1ccccc1. The summed E-state index contributed by atoms with van der Waals surface area (Å²) in [6, 6.07) is 34.6. The molecule has 0 amide bonds. The largest absolute Gasteiger partial charge is 0.508 e. The zero-order chi connectivity index (χ0) is 27.7. The van der Waals surface area contributed by atoms with Crippen LogP contribution in [0, 0.1) is 0 Å². The molecule has 1 N–H and O–H groups in total. The first-order valence-electron chi connectivity index (χ1n) is 13.2. The van der Waals surface area contributed by atoms with Crippen LogP contribution in [0.3, 0.4) is 0 Å². The average Bonchev–Trinajstić information content (AvgIpc) is 2.99. The molecule has 7 heteroatoms. The van der Waals surface area contributed by atoms with E-state index in [1.54, 1.807) is 36.4 Å². The van der Waals surface area contributed by atoms with E-state index in [-0.39, 0.29) is 12.4 Å². The van der Waals surface area contributed by atoms with Crippen molar-refractivity contribution in [2.75, 3.05) is 0 Å². The van der Waals surface area contributed by atoms with E-state index in [4.69, 9.17) is 23.7 Å². The lowest BCUT2D eigenvalue weighted by atomic mass is 9.98. The topological polar surface area (TPSA) is 83.5 Å². The monoisotopic (exact) mass is 540 g/mol. The Balaban J connectivity index is 1.45. The second-order valence-corrected chi connectivity index (χ2v) is 9.58. The molecule has 1 saturated heterocycles. The molecule has 0 saturated carbocycles. The van der Waals surface area contributed by atoms with Crippen molar-refractivity contribution in [3.05, 3.63) is 132 Å². The van der Waals surface area contributed by atoms with Gasteiger partial charge in [-0.15, -0.1) is 0 Å². The summed E-state index contributed by atoms with van der Waals surface area (Å²) >= 11 is 0. The van der Waals surface area contributed by atoms with Gasteiger partial charge in [0, 0.05) is 0 Å². The maximum Gasteiger partial charge on any atom is 0.338 e. The summed E-state index contributed by atoms with van der Waals surface area (Å²) in [5, 5.41) is 9.72. The maximum atomic E-state index is 13.3. The first-order valence-corrected chi connectivity index (χ1v) is 13.2. The molecule has 1 aliphatic heterocycles. The second-order valence-electron chi connectivity index (χ2n) is 9.58. The van der Waals surface area contributed by atoms with Crippen molar-refractivity contribution in [3.8, 4) is 11.5 Å². The fourth-order valence-electron chi connectivity index (χ4n) is 4.57. The highest BCUT2D eigenvalue weighted by molar-refractivity contribution is 5.89. The molecule has 1 unspecified atom stereocenters. The summed E-state index contributed by atoms with van der Waals surface area (Å²) in [4.78, 5) is 13.3. The predicted molar refractivity (Wildman–Crippen MR) is 149 cm³/mol. The molecule has 1 heterocycles. The van der Waals surface area contributed by atoms with Gasteiger partial charge in [0.25, 0.3) is 0 Å². The van der Waals surface area contributed by atoms with Crippen LogP contribution in [0.2, 0.25) is 0 Å². The quantitative estimate of drug-likeness (QED) is 0.250. The number of carbonyl (C=O) groups excluding carboxylic acids is 1. The number of benzene rings is 4. The molecule has 4 aromatic rings. The first-order chi connectivity index (χ1) is 19.6. The van der Waals surface area contributed by atoms with Gasteiger partial charge in [0.15, 0.2) is 6.10 Å². The summed E-state index contributed by atoms with van der Waals surface area (Å²) < 4.78 is 31.4. The van der Waals surface area contributed by atoms with Crippen LogP contribution in [0.1, 0.15) is 28.4 Å². The molecule has 0 bridgehead atoms.